The molecule has 2 amide bonds. The van der Waals surface area contributed by atoms with E-state index in [9.17, 15) is 9.59 Å². The van der Waals surface area contributed by atoms with Crippen LogP contribution in [0.15, 0.2) is 29.4 Å². The molecule has 2 aliphatic rings. The van der Waals surface area contributed by atoms with Gasteiger partial charge in [-0.15, -0.1) is 0 Å². The fourth-order valence-corrected chi connectivity index (χ4v) is 3.39. The zero-order valence-electron chi connectivity index (χ0n) is 16.7. The lowest BCUT2D eigenvalue weighted by Gasteiger charge is -2.37. The number of hydrogen-bond donors (Lipinski definition) is 1. The molecule has 0 atom stereocenters. The SMILES string of the molecule is CN(C)c1cccc(C(=O)N2CCC3(CC2)CC(OC(=O)NCCC#N)=NO3)c1. The number of hydrogen-bond acceptors (Lipinski definition) is 7. The third-order valence-corrected chi connectivity index (χ3v) is 5.10. The first-order valence-corrected chi connectivity index (χ1v) is 9.57. The second-order valence-electron chi connectivity index (χ2n) is 7.40. The van der Waals surface area contributed by atoms with Crippen molar-refractivity contribution in [1.82, 2.24) is 10.2 Å². The molecule has 0 unspecified atom stereocenters. The van der Waals surface area contributed by atoms with Crippen LogP contribution in [-0.2, 0) is 9.57 Å². The lowest BCUT2D eigenvalue weighted by Crippen LogP contribution is -2.47. The minimum atomic E-state index is -0.645. The Kier molecular flexibility index (Phi) is 6.22. The number of benzene rings is 1. The van der Waals surface area contributed by atoms with Crippen molar-refractivity contribution >= 4 is 23.6 Å². The Morgan fingerprint density at radius 2 is 2.14 bits per heavy atom. The number of piperidine rings is 1. The van der Waals surface area contributed by atoms with Crippen LogP contribution >= 0.6 is 0 Å². The van der Waals surface area contributed by atoms with Crippen molar-refractivity contribution in [2.45, 2.75) is 31.3 Å². The highest BCUT2D eigenvalue weighted by Crippen LogP contribution is 2.35. The summed E-state index contributed by atoms with van der Waals surface area (Å²) >= 11 is 0. The van der Waals surface area contributed by atoms with Gasteiger partial charge in [0.05, 0.1) is 18.9 Å². The summed E-state index contributed by atoms with van der Waals surface area (Å²) in [6.45, 7) is 1.31. The van der Waals surface area contributed by atoms with Crippen LogP contribution in [0.2, 0.25) is 0 Å². The molecule has 2 aliphatic heterocycles. The van der Waals surface area contributed by atoms with Crippen LogP contribution in [0.5, 0.6) is 0 Å². The van der Waals surface area contributed by atoms with Gasteiger partial charge in [-0.3, -0.25) is 4.79 Å². The Bertz CT molecular complexity index is 838. The molecule has 1 aromatic carbocycles. The molecule has 1 aromatic rings. The zero-order valence-corrected chi connectivity index (χ0v) is 16.7. The molecule has 29 heavy (non-hydrogen) atoms. The molecule has 1 fully saturated rings. The molecule has 154 valence electrons. The van der Waals surface area contributed by atoms with Gasteiger partial charge in [-0.2, -0.15) is 5.26 Å². The van der Waals surface area contributed by atoms with Gasteiger partial charge in [0.15, 0.2) is 0 Å². The second-order valence-corrected chi connectivity index (χ2v) is 7.40. The molecule has 1 N–H and O–H groups in total. The second kappa shape index (κ2) is 8.82. The third kappa shape index (κ3) is 4.96. The van der Waals surface area contributed by atoms with E-state index in [1.165, 1.54) is 0 Å². The minimum absolute atomic E-state index is 0.00388. The number of ether oxygens (including phenoxy) is 1. The maximum absolute atomic E-state index is 12.9. The van der Waals surface area contributed by atoms with Gasteiger partial charge in [-0.05, 0) is 18.2 Å². The van der Waals surface area contributed by atoms with Crippen molar-refractivity contribution < 1.29 is 19.2 Å². The highest BCUT2D eigenvalue weighted by molar-refractivity contribution is 5.95. The highest BCUT2D eigenvalue weighted by atomic mass is 16.7. The molecule has 1 saturated heterocycles. The van der Waals surface area contributed by atoms with E-state index < -0.39 is 11.7 Å². The minimum Gasteiger partial charge on any atom is -0.392 e. The van der Waals surface area contributed by atoms with E-state index in [0.29, 0.717) is 37.9 Å². The molecule has 2 heterocycles. The van der Waals surface area contributed by atoms with Gasteiger partial charge in [0, 0.05) is 57.8 Å². The fraction of sp³-hybridized carbons (Fsp3) is 0.500. The Morgan fingerprint density at radius 1 is 1.38 bits per heavy atom. The standard InChI is InChI=1S/C20H25N5O4/c1-24(2)16-6-3-5-15(13-16)18(26)25-11-7-20(8-12-25)14-17(23-29-20)28-19(27)22-10-4-9-21/h3,5-6,13H,4,7-8,10-12,14H2,1-2H3,(H,22,27). The van der Waals surface area contributed by atoms with Crippen molar-refractivity contribution in [3.63, 3.8) is 0 Å². The number of oxime groups is 1. The first kappa shape index (κ1) is 20.5. The van der Waals surface area contributed by atoms with Gasteiger partial charge >= 0.3 is 6.09 Å². The first-order chi connectivity index (χ1) is 13.9. The van der Waals surface area contributed by atoms with Crippen molar-refractivity contribution in [2.75, 3.05) is 38.6 Å². The van der Waals surface area contributed by atoms with Crippen molar-refractivity contribution in [3.05, 3.63) is 29.8 Å². The molecular weight excluding hydrogens is 374 g/mol. The predicted octanol–water partition coefficient (Wildman–Crippen LogP) is 2.10. The number of likely N-dealkylation sites (tertiary alicyclic amines) is 1. The smallest absolute Gasteiger partial charge is 0.392 e. The molecule has 0 aromatic heterocycles. The van der Waals surface area contributed by atoms with Crippen molar-refractivity contribution in [2.24, 2.45) is 5.16 Å². The summed E-state index contributed by atoms with van der Waals surface area (Å²) in [5.74, 6) is 0.216. The number of nitriles is 1. The average molecular weight is 399 g/mol. The number of carbonyl (C=O) groups is 2. The zero-order chi connectivity index (χ0) is 20.9. The first-order valence-electron chi connectivity index (χ1n) is 9.57. The van der Waals surface area contributed by atoms with E-state index >= 15 is 0 Å². The number of rotatable bonds is 4. The van der Waals surface area contributed by atoms with Crippen LogP contribution in [-0.4, -0.2) is 62.1 Å². The number of anilines is 1. The summed E-state index contributed by atoms with van der Waals surface area (Å²) in [7, 11) is 3.88. The highest BCUT2D eigenvalue weighted by Gasteiger charge is 2.44. The molecule has 0 radical (unpaired) electrons. The molecule has 0 aliphatic carbocycles. The van der Waals surface area contributed by atoms with Crippen LogP contribution in [0.4, 0.5) is 10.5 Å². The van der Waals surface area contributed by atoms with E-state index in [2.05, 4.69) is 10.5 Å². The molecule has 0 saturated carbocycles. The summed E-state index contributed by atoms with van der Waals surface area (Å²) in [5.41, 5.74) is 1.10. The quantitative estimate of drug-likeness (QED) is 0.777. The molecule has 3 rings (SSSR count). The third-order valence-electron chi connectivity index (χ3n) is 5.10. The molecule has 0 bridgehead atoms. The number of nitrogens with one attached hydrogen (secondary N) is 1. The fourth-order valence-electron chi connectivity index (χ4n) is 3.39. The lowest BCUT2D eigenvalue weighted by atomic mass is 9.88. The molecular formula is C20H25N5O4. The Hall–Kier alpha value is -3.28. The maximum atomic E-state index is 12.9. The summed E-state index contributed by atoms with van der Waals surface area (Å²) in [6, 6.07) is 9.49. The van der Waals surface area contributed by atoms with Gasteiger partial charge in [0.25, 0.3) is 5.91 Å². The van der Waals surface area contributed by atoms with E-state index in [4.69, 9.17) is 14.8 Å². The van der Waals surface area contributed by atoms with Crippen LogP contribution < -0.4 is 10.2 Å². The summed E-state index contributed by atoms with van der Waals surface area (Å²) < 4.78 is 5.14. The van der Waals surface area contributed by atoms with Crippen LogP contribution in [0.25, 0.3) is 0 Å². The molecule has 9 heteroatoms. The monoisotopic (exact) mass is 399 g/mol. The normalized spacial score (nSPS) is 17.1. The van der Waals surface area contributed by atoms with Gasteiger partial charge in [-0.25, -0.2) is 4.79 Å². The number of carbonyl (C=O) groups excluding carboxylic acids is 2. The summed E-state index contributed by atoms with van der Waals surface area (Å²) in [6.07, 6.45) is 1.17. The van der Waals surface area contributed by atoms with E-state index in [0.717, 1.165) is 5.69 Å². The van der Waals surface area contributed by atoms with Crippen LogP contribution in [0, 0.1) is 11.3 Å². The van der Waals surface area contributed by atoms with Gasteiger partial charge in [0.1, 0.15) is 5.60 Å². The summed E-state index contributed by atoms with van der Waals surface area (Å²) in [5, 5.41) is 14.9. The Labute approximate surface area is 169 Å². The number of alkyl carbamates (subject to hydrolysis) is 1. The Morgan fingerprint density at radius 3 is 2.83 bits per heavy atom. The van der Waals surface area contributed by atoms with Crippen LogP contribution in [0.3, 0.4) is 0 Å². The summed E-state index contributed by atoms with van der Waals surface area (Å²) in [4.78, 5) is 33.9. The van der Waals surface area contributed by atoms with Gasteiger partial charge < -0.3 is 24.7 Å². The van der Waals surface area contributed by atoms with E-state index in [1.54, 1.807) is 0 Å². The predicted molar refractivity (Wildman–Crippen MR) is 106 cm³/mol. The van der Waals surface area contributed by atoms with Crippen molar-refractivity contribution in [1.29, 1.82) is 5.26 Å². The van der Waals surface area contributed by atoms with E-state index in [-0.39, 0.29) is 24.8 Å². The molecule has 9 nitrogen and oxygen atoms in total. The van der Waals surface area contributed by atoms with Gasteiger partial charge in [0.2, 0.25) is 5.90 Å². The van der Waals surface area contributed by atoms with Crippen LogP contribution in [0.1, 0.15) is 36.0 Å². The number of nitrogens with zero attached hydrogens (tertiary/aromatic N) is 4. The number of amides is 2. The largest absolute Gasteiger partial charge is 0.413 e. The topological polar surface area (TPSA) is 107 Å². The maximum Gasteiger partial charge on any atom is 0.413 e. The van der Waals surface area contributed by atoms with Gasteiger partial charge in [-0.1, -0.05) is 11.2 Å². The molecule has 1 spiro atoms. The van der Waals surface area contributed by atoms with Crippen molar-refractivity contribution in [3.8, 4) is 6.07 Å². The Balaban J connectivity index is 1.51. The van der Waals surface area contributed by atoms with E-state index in [1.807, 2.05) is 54.2 Å². The average Bonchev–Trinajstić information content (AvgIpc) is 3.10. The lowest BCUT2D eigenvalue weighted by molar-refractivity contribution is -0.0568.